The summed E-state index contributed by atoms with van der Waals surface area (Å²) in [4.78, 5) is 4.44. The summed E-state index contributed by atoms with van der Waals surface area (Å²) in [5.74, 6) is 2.03. The first-order valence-electron chi connectivity index (χ1n) is 9.83. The summed E-state index contributed by atoms with van der Waals surface area (Å²) < 4.78 is 5.94. The van der Waals surface area contributed by atoms with Gasteiger partial charge in [-0.15, -0.1) is 0 Å². The number of anilines is 1. The highest BCUT2D eigenvalue weighted by Crippen LogP contribution is 2.45. The van der Waals surface area contributed by atoms with Crippen LogP contribution in [0.1, 0.15) is 11.1 Å². The van der Waals surface area contributed by atoms with E-state index in [1.54, 1.807) is 11.2 Å². The standard InChI is InChI=1S/C25H19N5O/c26-17-23-24-28-14-5-15-30(24)29-25(23,19-6-4-7-20(27)16-19)18-10-12-22(13-11-18)31-21-8-2-1-3-9-21/h1-16,29H,27H2. The monoisotopic (exact) mass is 405 g/mol. The molecule has 0 saturated carbocycles. The van der Waals surface area contributed by atoms with Crippen molar-refractivity contribution in [2.75, 3.05) is 5.73 Å². The number of para-hydroxylation sites is 1. The first-order chi connectivity index (χ1) is 15.2. The van der Waals surface area contributed by atoms with E-state index in [4.69, 9.17) is 10.5 Å². The summed E-state index contributed by atoms with van der Waals surface area (Å²) >= 11 is 0. The van der Waals surface area contributed by atoms with E-state index in [-0.39, 0.29) is 0 Å². The molecule has 0 aromatic heterocycles. The molecule has 1 unspecified atom stereocenters. The minimum atomic E-state index is -0.934. The van der Waals surface area contributed by atoms with E-state index in [0.717, 1.165) is 16.9 Å². The van der Waals surface area contributed by atoms with Crippen LogP contribution in [0.15, 0.2) is 108 Å². The van der Waals surface area contributed by atoms with E-state index in [0.29, 0.717) is 22.8 Å². The average Bonchev–Trinajstić information content (AvgIpc) is 3.15. The number of nitrogens with zero attached hydrogens (tertiary/aromatic N) is 3. The van der Waals surface area contributed by atoms with Crippen LogP contribution in [0.25, 0.3) is 0 Å². The van der Waals surface area contributed by atoms with Crippen LogP contribution in [0, 0.1) is 11.3 Å². The Balaban J connectivity index is 1.63. The van der Waals surface area contributed by atoms with Crippen molar-refractivity contribution in [1.82, 2.24) is 10.4 Å². The zero-order chi connectivity index (χ0) is 21.3. The normalized spacial score (nSPS) is 19.3. The van der Waals surface area contributed by atoms with E-state index in [2.05, 4.69) is 16.5 Å². The molecular formula is C25H19N5O. The Bertz CT molecular complexity index is 1260. The quantitative estimate of drug-likeness (QED) is 0.626. The van der Waals surface area contributed by atoms with Crippen molar-refractivity contribution in [3.05, 3.63) is 114 Å². The van der Waals surface area contributed by atoms with E-state index < -0.39 is 5.54 Å². The molecule has 0 aliphatic carbocycles. The summed E-state index contributed by atoms with van der Waals surface area (Å²) in [5.41, 5.74) is 11.5. The summed E-state index contributed by atoms with van der Waals surface area (Å²) in [6, 6.07) is 27.2. The van der Waals surface area contributed by atoms with Crippen LogP contribution in [0.3, 0.4) is 0 Å². The molecule has 2 aliphatic heterocycles. The second-order valence-corrected chi connectivity index (χ2v) is 7.23. The minimum Gasteiger partial charge on any atom is -0.457 e. The lowest BCUT2D eigenvalue weighted by atomic mass is 9.78. The molecular weight excluding hydrogens is 386 g/mol. The number of nitrogens with one attached hydrogen (secondary N) is 1. The molecule has 1 atom stereocenters. The molecule has 2 aliphatic rings. The first-order valence-corrected chi connectivity index (χ1v) is 9.83. The predicted molar refractivity (Wildman–Crippen MR) is 120 cm³/mol. The third kappa shape index (κ3) is 3.14. The minimum absolute atomic E-state index is 0.496. The molecule has 0 radical (unpaired) electrons. The maximum atomic E-state index is 10.2. The fraction of sp³-hybridized carbons (Fsp3) is 0.0400. The second-order valence-electron chi connectivity index (χ2n) is 7.23. The number of benzene rings is 3. The smallest absolute Gasteiger partial charge is 0.163 e. The number of hydrogen-bond acceptors (Lipinski definition) is 6. The zero-order valence-corrected chi connectivity index (χ0v) is 16.6. The largest absolute Gasteiger partial charge is 0.457 e. The van der Waals surface area contributed by atoms with E-state index in [9.17, 15) is 5.26 Å². The van der Waals surface area contributed by atoms with Crippen molar-refractivity contribution in [3.63, 3.8) is 0 Å². The third-order valence-corrected chi connectivity index (χ3v) is 5.33. The average molecular weight is 405 g/mol. The van der Waals surface area contributed by atoms with Gasteiger partial charge in [0.15, 0.2) is 5.82 Å². The van der Waals surface area contributed by atoms with Gasteiger partial charge in [0.05, 0.1) is 0 Å². The van der Waals surface area contributed by atoms with Crippen LogP contribution in [0.5, 0.6) is 11.5 Å². The van der Waals surface area contributed by atoms with Crippen LogP contribution in [0.2, 0.25) is 0 Å². The Morgan fingerprint density at radius 3 is 2.45 bits per heavy atom. The fourth-order valence-corrected chi connectivity index (χ4v) is 3.94. The van der Waals surface area contributed by atoms with Crippen LogP contribution < -0.4 is 15.9 Å². The predicted octanol–water partition coefficient (Wildman–Crippen LogP) is 4.46. The van der Waals surface area contributed by atoms with Crippen molar-refractivity contribution in [3.8, 4) is 17.6 Å². The molecule has 3 N–H and O–H groups in total. The van der Waals surface area contributed by atoms with Gasteiger partial charge in [-0.2, -0.15) is 5.26 Å². The SMILES string of the molecule is N#CC1=C2N=CC=CN2NC1(c1ccc(Oc2ccccc2)cc1)c1cccc(N)c1. The number of nitrogen functional groups attached to an aromatic ring is 1. The van der Waals surface area contributed by atoms with Gasteiger partial charge in [-0.05, 0) is 53.6 Å². The number of nitrogens with two attached hydrogens (primary N) is 1. The summed E-state index contributed by atoms with van der Waals surface area (Å²) in [5, 5.41) is 11.9. The summed E-state index contributed by atoms with van der Waals surface area (Å²) in [6.07, 6.45) is 5.34. The van der Waals surface area contributed by atoms with Crippen LogP contribution >= 0.6 is 0 Å². The molecule has 3 aromatic rings. The van der Waals surface area contributed by atoms with Crippen molar-refractivity contribution in [1.29, 1.82) is 5.26 Å². The highest BCUT2D eigenvalue weighted by Gasteiger charge is 2.48. The Morgan fingerprint density at radius 2 is 1.71 bits per heavy atom. The van der Waals surface area contributed by atoms with E-state index in [1.165, 1.54) is 0 Å². The van der Waals surface area contributed by atoms with E-state index in [1.807, 2.05) is 91.1 Å². The topological polar surface area (TPSA) is 86.7 Å². The van der Waals surface area contributed by atoms with Gasteiger partial charge < -0.3 is 10.5 Å². The van der Waals surface area contributed by atoms with Crippen molar-refractivity contribution in [2.24, 2.45) is 4.99 Å². The summed E-state index contributed by atoms with van der Waals surface area (Å²) in [6.45, 7) is 0. The fourth-order valence-electron chi connectivity index (χ4n) is 3.94. The second kappa shape index (κ2) is 7.48. The number of rotatable bonds is 4. The van der Waals surface area contributed by atoms with Crippen LogP contribution in [-0.2, 0) is 5.54 Å². The lowest BCUT2D eigenvalue weighted by Crippen LogP contribution is -2.45. The van der Waals surface area contributed by atoms with Gasteiger partial charge in [-0.3, -0.25) is 5.01 Å². The number of hydrazine groups is 1. The maximum Gasteiger partial charge on any atom is 0.163 e. The Labute approximate surface area is 180 Å². The number of aliphatic imine (C=N–C) groups is 1. The Morgan fingerprint density at radius 1 is 0.935 bits per heavy atom. The lowest BCUT2D eigenvalue weighted by molar-refractivity contribution is 0.294. The third-order valence-electron chi connectivity index (χ3n) is 5.33. The molecule has 3 aromatic carbocycles. The molecule has 0 amide bonds. The summed E-state index contributed by atoms with van der Waals surface area (Å²) in [7, 11) is 0. The van der Waals surface area contributed by atoms with Crippen molar-refractivity contribution >= 4 is 11.9 Å². The molecule has 31 heavy (non-hydrogen) atoms. The van der Waals surface area contributed by atoms with Gasteiger partial charge in [0, 0.05) is 18.1 Å². The molecule has 5 rings (SSSR count). The Kier molecular flexibility index (Phi) is 4.51. The van der Waals surface area contributed by atoms with Gasteiger partial charge in [0.1, 0.15) is 28.7 Å². The van der Waals surface area contributed by atoms with Gasteiger partial charge in [0.2, 0.25) is 0 Å². The number of nitriles is 1. The highest BCUT2D eigenvalue weighted by atomic mass is 16.5. The highest BCUT2D eigenvalue weighted by molar-refractivity contribution is 5.75. The Hall–Kier alpha value is -4.34. The number of allylic oxidation sites excluding steroid dienone is 1. The van der Waals surface area contributed by atoms with Crippen LogP contribution in [-0.4, -0.2) is 11.2 Å². The van der Waals surface area contributed by atoms with E-state index >= 15 is 0 Å². The first kappa shape index (κ1) is 18.7. The molecule has 0 spiro atoms. The maximum absolute atomic E-state index is 10.2. The number of ether oxygens (including phenoxy) is 1. The molecule has 0 bridgehead atoms. The molecule has 0 saturated heterocycles. The molecule has 2 heterocycles. The molecule has 0 fully saturated rings. The van der Waals surface area contributed by atoms with Crippen molar-refractivity contribution < 1.29 is 4.74 Å². The number of hydrogen-bond donors (Lipinski definition) is 2. The van der Waals surface area contributed by atoms with Crippen molar-refractivity contribution in [2.45, 2.75) is 5.54 Å². The van der Waals surface area contributed by atoms with Gasteiger partial charge >= 0.3 is 0 Å². The van der Waals surface area contributed by atoms with Gasteiger partial charge in [-0.25, -0.2) is 10.4 Å². The van der Waals surface area contributed by atoms with Gasteiger partial charge in [0.25, 0.3) is 0 Å². The van der Waals surface area contributed by atoms with Gasteiger partial charge in [-0.1, -0.05) is 42.5 Å². The zero-order valence-electron chi connectivity index (χ0n) is 16.6. The molecule has 6 nitrogen and oxygen atoms in total. The van der Waals surface area contributed by atoms with Crippen LogP contribution in [0.4, 0.5) is 5.69 Å². The molecule has 150 valence electrons. The lowest BCUT2D eigenvalue weighted by Gasteiger charge is -2.32. The number of fused-ring (bicyclic) bond motifs is 1. The molecule has 6 heteroatoms.